The Hall–Kier alpha value is -2.51. The lowest BCUT2D eigenvalue weighted by molar-refractivity contribution is -0.308. The van der Waals surface area contributed by atoms with E-state index in [1.807, 2.05) is 4.57 Å². The van der Waals surface area contributed by atoms with Gasteiger partial charge in [-0.25, -0.2) is 9.78 Å². The van der Waals surface area contributed by atoms with Gasteiger partial charge in [-0.05, 0) is 32.1 Å². The van der Waals surface area contributed by atoms with Crippen molar-refractivity contribution >= 4 is 12.0 Å². The summed E-state index contributed by atoms with van der Waals surface area (Å²) in [6.07, 6.45) is -12.0. The molecule has 0 bridgehead atoms. The number of piperidine rings is 1. The lowest BCUT2D eigenvalue weighted by atomic mass is 9.85. The lowest BCUT2D eigenvalue weighted by Crippen LogP contribution is -2.56. The van der Waals surface area contributed by atoms with Crippen LogP contribution in [0.2, 0.25) is 0 Å². The number of carbonyl (C=O) groups is 2. The molecule has 36 heavy (non-hydrogen) atoms. The Morgan fingerprint density at radius 3 is 2.25 bits per heavy atom. The molecule has 200 valence electrons. The number of likely N-dealkylation sites (tertiary alicyclic amines) is 2. The molecule has 14 heteroatoms. The third-order valence-corrected chi connectivity index (χ3v) is 7.81. The molecule has 5 rings (SSSR count). The second kappa shape index (κ2) is 8.80. The highest BCUT2D eigenvalue weighted by atomic mass is 19.4. The molecule has 2 amide bonds. The van der Waals surface area contributed by atoms with Crippen molar-refractivity contribution < 1.29 is 40.7 Å². The summed E-state index contributed by atoms with van der Waals surface area (Å²) in [5, 5.41) is 0. The third-order valence-electron chi connectivity index (χ3n) is 7.81. The molecular formula is C22H27F6N5O3. The molecule has 1 aromatic rings. The van der Waals surface area contributed by atoms with Crippen molar-refractivity contribution in [2.75, 3.05) is 32.7 Å². The molecule has 1 atom stereocenters. The van der Waals surface area contributed by atoms with Crippen molar-refractivity contribution in [1.29, 1.82) is 0 Å². The third kappa shape index (κ3) is 4.75. The van der Waals surface area contributed by atoms with Gasteiger partial charge in [0, 0.05) is 63.5 Å². The second-order valence-electron chi connectivity index (χ2n) is 10.0. The van der Waals surface area contributed by atoms with Gasteiger partial charge in [0.15, 0.2) is 0 Å². The topological polar surface area (TPSA) is 70.7 Å². The Morgan fingerprint density at radius 1 is 0.972 bits per heavy atom. The first-order chi connectivity index (χ1) is 16.9. The van der Waals surface area contributed by atoms with E-state index in [1.54, 1.807) is 11.1 Å². The second-order valence-corrected chi connectivity index (χ2v) is 10.0. The van der Waals surface area contributed by atoms with Gasteiger partial charge in [-0.2, -0.15) is 26.3 Å². The molecule has 1 unspecified atom stereocenters. The van der Waals surface area contributed by atoms with Gasteiger partial charge in [-0.15, -0.1) is 0 Å². The molecule has 3 saturated heterocycles. The number of alkyl halides is 6. The average Bonchev–Trinajstić information content (AvgIpc) is 3.45. The highest BCUT2D eigenvalue weighted by Gasteiger charge is 2.60. The first-order valence-corrected chi connectivity index (χ1v) is 12.1. The van der Waals surface area contributed by atoms with E-state index in [2.05, 4.69) is 14.6 Å². The molecule has 0 saturated carbocycles. The van der Waals surface area contributed by atoms with E-state index in [0.717, 1.165) is 43.2 Å². The molecule has 4 aliphatic rings. The molecule has 1 aromatic heterocycles. The van der Waals surface area contributed by atoms with E-state index < -0.39 is 30.1 Å². The van der Waals surface area contributed by atoms with Crippen LogP contribution in [0.1, 0.15) is 48.4 Å². The van der Waals surface area contributed by atoms with Crippen LogP contribution in [0.4, 0.5) is 31.1 Å². The molecule has 1 spiro atoms. The number of hydrogen-bond donors (Lipinski definition) is 0. The number of amides is 2. The number of aromatic nitrogens is 2. The molecule has 0 N–H and O–H groups in total. The predicted molar refractivity (Wildman–Crippen MR) is 112 cm³/mol. The van der Waals surface area contributed by atoms with E-state index in [-0.39, 0.29) is 31.8 Å². The Morgan fingerprint density at radius 2 is 1.64 bits per heavy atom. The molecule has 0 aliphatic carbocycles. The van der Waals surface area contributed by atoms with Gasteiger partial charge < -0.3 is 19.1 Å². The van der Waals surface area contributed by atoms with Crippen LogP contribution in [0.5, 0.6) is 0 Å². The van der Waals surface area contributed by atoms with Gasteiger partial charge in [0.25, 0.3) is 12.0 Å². The van der Waals surface area contributed by atoms with Crippen LogP contribution in [0, 0.1) is 0 Å². The predicted octanol–water partition coefficient (Wildman–Crippen LogP) is 3.21. The molecule has 3 fully saturated rings. The maximum absolute atomic E-state index is 13.4. The van der Waals surface area contributed by atoms with Crippen molar-refractivity contribution in [3.05, 3.63) is 17.7 Å². The van der Waals surface area contributed by atoms with Crippen molar-refractivity contribution in [2.24, 2.45) is 0 Å². The zero-order valence-electron chi connectivity index (χ0n) is 19.4. The molecule has 0 radical (unpaired) electrons. The van der Waals surface area contributed by atoms with E-state index in [4.69, 9.17) is 0 Å². The summed E-state index contributed by atoms with van der Waals surface area (Å²) in [5.74, 6) is 0.638. The number of ether oxygens (including phenoxy) is 1. The van der Waals surface area contributed by atoms with Crippen LogP contribution in [-0.2, 0) is 17.7 Å². The first-order valence-electron chi connectivity index (χ1n) is 12.1. The minimum Gasteiger partial charge on any atom is -0.426 e. The molecule has 8 nitrogen and oxygen atoms in total. The Labute approximate surface area is 203 Å². The highest BCUT2D eigenvalue weighted by molar-refractivity contribution is 5.93. The van der Waals surface area contributed by atoms with E-state index >= 15 is 0 Å². The van der Waals surface area contributed by atoms with Gasteiger partial charge in [0.05, 0.1) is 0 Å². The van der Waals surface area contributed by atoms with Gasteiger partial charge in [0.1, 0.15) is 11.5 Å². The van der Waals surface area contributed by atoms with Crippen LogP contribution in [0.15, 0.2) is 6.20 Å². The summed E-state index contributed by atoms with van der Waals surface area (Å²) in [6, 6.07) is 0.444. The van der Waals surface area contributed by atoms with Gasteiger partial charge in [-0.1, -0.05) is 0 Å². The van der Waals surface area contributed by atoms with Crippen LogP contribution >= 0.6 is 0 Å². The number of nitrogens with zero attached hydrogens (tertiary/aromatic N) is 5. The number of halogens is 6. The maximum Gasteiger partial charge on any atom is 0.434 e. The van der Waals surface area contributed by atoms with E-state index in [9.17, 15) is 35.9 Å². The summed E-state index contributed by atoms with van der Waals surface area (Å²) in [4.78, 5) is 35.1. The summed E-state index contributed by atoms with van der Waals surface area (Å²) in [7, 11) is 0. The standard InChI is InChI=1S/C22H27F6N5O3/c23-21(24,25)18(22(26,27)28)36-19(35)31-8-4-20(5-9-31)3-1-6-33(20)17(34)15-13-32-7-2-14(30-10-11-30)12-16(32)29-15/h13-14,18H,1-12H2. The Balaban J connectivity index is 1.23. The lowest BCUT2D eigenvalue weighted by Gasteiger charge is -2.44. The van der Waals surface area contributed by atoms with Gasteiger partial charge in [0.2, 0.25) is 0 Å². The number of imidazole rings is 1. The van der Waals surface area contributed by atoms with Gasteiger partial charge in [-0.3, -0.25) is 9.69 Å². The Kier molecular flexibility index (Phi) is 6.15. The number of carbonyl (C=O) groups excluding carboxylic acids is 2. The summed E-state index contributed by atoms with van der Waals surface area (Å²) < 4.78 is 82.4. The van der Waals surface area contributed by atoms with Crippen molar-refractivity contribution in [3.63, 3.8) is 0 Å². The fourth-order valence-electron chi connectivity index (χ4n) is 5.76. The van der Waals surface area contributed by atoms with Crippen LogP contribution in [-0.4, -0.2) is 99.0 Å². The molecular weight excluding hydrogens is 496 g/mol. The van der Waals surface area contributed by atoms with Crippen LogP contribution in [0.3, 0.4) is 0 Å². The number of aryl methyl sites for hydroxylation is 1. The Bertz CT molecular complexity index is 999. The number of hydrogen-bond acceptors (Lipinski definition) is 5. The minimum absolute atomic E-state index is 0.109. The van der Waals surface area contributed by atoms with Gasteiger partial charge >= 0.3 is 18.4 Å². The van der Waals surface area contributed by atoms with Crippen molar-refractivity contribution in [1.82, 2.24) is 24.3 Å². The average molecular weight is 523 g/mol. The van der Waals surface area contributed by atoms with Crippen molar-refractivity contribution in [3.8, 4) is 0 Å². The summed E-state index contributed by atoms with van der Waals surface area (Å²) >= 11 is 0. The minimum atomic E-state index is -5.76. The van der Waals surface area contributed by atoms with Crippen LogP contribution < -0.4 is 0 Å². The normalized spacial score (nSPS) is 24.4. The van der Waals surface area contributed by atoms with Crippen molar-refractivity contribution in [2.45, 2.75) is 75.1 Å². The molecule has 5 heterocycles. The SMILES string of the molecule is O=C(OC(C(F)(F)F)C(F)(F)F)N1CCC2(CCCN2C(=O)c2cn3c(n2)CC(N2CC2)CC3)CC1. The van der Waals surface area contributed by atoms with E-state index in [1.165, 1.54) is 0 Å². The monoisotopic (exact) mass is 523 g/mol. The summed E-state index contributed by atoms with van der Waals surface area (Å²) in [5.41, 5.74) is -0.272. The fraction of sp³-hybridized carbons (Fsp3) is 0.773. The number of rotatable bonds is 3. The molecule has 0 aromatic carbocycles. The first kappa shape index (κ1) is 25.2. The quantitative estimate of drug-likeness (QED) is 0.450. The number of fused-ring (bicyclic) bond motifs is 1. The maximum atomic E-state index is 13.4. The van der Waals surface area contributed by atoms with Crippen LogP contribution in [0.25, 0.3) is 0 Å². The largest absolute Gasteiger partial charge is 0.434 e. The fourth-order valence-corrected chi connectivity index (χ4v) is 5.76. The zero-order valence-corrected chi connectivity index (χ0v) is 19.4. The van der Waals surface area contributed by atoms with E-state index in [0.29, 0.717) is 31.1 Å². The zero-order chi connectivity index (χ0) is 25.9. The summed E-state index contributed by atoms with van der Waals surface area (Å²) in [6.45, 7) is 3.22. The smallest absolute Gasteiger partial charge is 0.426 e. The molecule has 4 aliphatic heterocycles. The highest BCUT2D eigenvalue weighted by Crippen LogP contribution is 2.41.